The number of benzene rings is 2. The average Bonchev–Trinajstić information content (AvgIpc) is 3.35. The van der Waals surface area contributed by atoms with Gasteiger partial charge in [-0.15, -0.1) is 0 Å². The third kappa shape index (κ3) is 3.63. The van der Waals surface area contributed by atoms with Crippen molar-refractivity contribution in [3.8, 4) is 16.9 Å². The zero-order valence-electron chi connectivity index (χ0n) is 15.5. The molecule has 3 aromatic rings. The standard InChI is InChI=1S/C22H20F3NO2/c1-13-9-17(20(25)10-19(13)24)16-7-4-8-18(23)21(16)27-11-15-12-28-22(26-15)14-5-2-3-6-14/h4,7-10,12,14H,2-3,5-6,11H2,1H3. The minimum atomic E-state index is -0.775. The maximum Gasteiger partial charge on any atom is 0.197 e. The summed E-state index contributed by atoms with van der Waals surface area (Å²) in [7, 11) is 0. The van der Waals surface area contributed by atoms with Gasteiger partial charge in [0.1, 0.15) is 30.2 Å². The summed E-state index contributed by atoms with van der Waals surface area (Å²) >= 11 is 0. The lowest BCUT2D eigenvalue weighted by Crippen LogP contribution is -2.02. The molecule has 0 unspecified atom stereocenters. The summed E-state index contributed by atoms with van der Waals surface area (Å²) in [5.41, 5.74) is 1.12. The average molecular weight is 387 g/mol. The summed E-state index contributed by atoms with van der Waals surface area (Å²) in [6.07, 6.45) is 5.96. The van der Waals surface area contributed by atoms with Crippen LogP contribution in [0.3, 0.4) is 0 Å². The predicted molar refractivity (Wildman–Crippen MR) is 98.5 cm³/mol. The van der Waals surface area contributed by atoms with Crippen LogP contribution in [-0.2, 0) is 6.61 Å². The second-order valence-corrected chi connectivity index (χ2v) is 7.14. The van der Waals surface area contributed by atoms with Crippen LogP contribution in [0, 0.1) is 24.4 Å². The Kier molecular flexibility index (Phi) is 5.11. The highest BCUT2D eigenvalue weighted by atomic mass is 19.1. The fourth-order valence-electron chi connectivity index (χ4n) is 3.63. The molecule has 28 heavy (non-hydrogen) atoms. The second-order valence-electron chi connectivity index (χ2n) is 7.14. The first kappa shape index (κ1) is 18.6. The summed E-state index contributed by atoms with van der Waals surface area (Å²) in [4.78, 5) is 4.44. The Morgan fingerprint density at radius 3 is 2.61 bits per heavy atom. The van der Waals surface area contributed by atoms with Crippen LogP contribution in [0.25, 0.3) is 11.1 Å². The van der Waals surface area contributed by atoms with E-state index in [4.69, 9.17) is 9.15 Å². The lowest BCUT2D eigenvalue weighted by Gasteiger charge is -2.13. The number of hydrogen-bond acceptors (Lipinski definition) is 3. The van der Waals surface area contributed by atoms with Crippen LogP contribution in [0.1, 0.15) is 48.7 Å². The van der Waals surface area contributed by atoms with Crippen LogP contribution in [0.4, 0.5) is 13.2 Å². The van der Waals surface area contributed by atoms with E-state index in [0.717, 1.165) is 18.9 Å². The molecule has 1 aromatic heterocycles. The van der Waals surface area contributed by atoms with Crippen LogP contribution < -0.4 is 4.74 Å². The minimum Gasteiger partial charge on any atom is -0.483 e. The van der Waals surface area contributed by atoms with Crippen molar-refractivity contribution in [3.05, 3.63) is 71.2 Å². The van der Waals surface area contributed by atoms with E-state index < -0.39 is 17.5 Å². The van der Waals surface area contributed by atoms with Crippen LogP contribution in [-0.4, -0.2) is 4.98 Å². The third-order valence-corrected chi connectivity index (χ3v) is 5.14. The summed E-state index contributed by atoms with van der Waals surface area (Å²) in [5.74, 6) is -1.14. The molecule has 0 spiro atoms. The van der Waals surface area contributed by atoms with E-state index in [2.05, 4.69) is 4.98 Å². The van der Waals surface area contributed by atoms with Crippen LogP contribution in [0.2, 0.25) is 0 Å². The largest absolute Gasteiger partial charge is 0.483 e. The number of para-hydroxylation sites is 1. The quantitative estimate of drug-likeness (QED) is 0.515. The van der Waals surface area contributed by atoms with Crippen molar-refractivity contribution >= 4 is 0 Å². The van der Waals surface area contributed by atoms with Crippen molar-refractivity contribution in [1.29, 1.82) is 0 Å². The van der Waals surface area contributed by atoms with Crippen LogP contribution in [0.5, 0.6) is 5.75 Å². The first-order valence-electron chi connectivity index (χ1n) is 9.34. The Morgan fingerprint density at radius 1 is 1.04 bits per heavy atom. The van der Waals surface area contributed by atoms with Gasteiger partial charge < -0.3 is 9.15 Å². The molecule has 146 valence electrons. The number of hydrogen-bond donors (Lipinski definition) is 0. The van der Waals surface area contributed by atoms with Gasteiger partial charge in [-0.3, -0.25) is 0 Å². The summed E-state index contributed by atoms with van der Waals surface area (Å²) in [6.45, 7) is 1.52. The topological polar surface area (TPSA) is 35.3 Å². The second kappa shape index (κ2) is 7.70. The van der Waals surface area contributed by atoms with Gasteiger partial charge in [0.15, 0.2) is 17.5 Å². The van der Waals surface area contributed by atoms with Gasteiger partial charge in [-0.1, -0.05) is 25.0 Å². The fourth-order valence-corrected chi connectivity index (χ4v) is 3.63. The monoisotopic (exact) mass is 387 g/mol. The van der Waals surface area contributed by atoms with Gasteiger partial charge in [0, 0.05) is 23.1 Å². The van der Waals surface area contributed by atoms with Crippen molar-refractivity contribution in [1.82, 2.24) is 4.98 Å². The summed E-state index contributed by atoms with van der Waals surface area (Å²) in [6, 6.07) is 6.39. The van der Waals surface area contributed by atoms with Crippen molar-refractivity contribution in [2.75, 3.05) is 0 Å². The van der Waals surface area contributed by atoms with Gasteiger partial charge >= 0.3 is 0 Å². The molecule has 0 bridgehead atoms. The molecule has 2 aromatic carbocycles. The van der Waals surface area contributed by atoms with Gasteiger partial charge in [0.2, 0.25) is 0 Å². The lowest BCUT2D eigenvalue weighted by atomic mass is 10.0. The summed E-state index contributed by atoms with van der Waals surface area (Å²) in [5, 5.41) is 0. The molecule has 1 saturated carbocycles. The van der Waals surface area contributed by atoms with Crippen LogP contribution in [0.15, 0.2) is 41.0 Å². The van der Waals surface area contributed by atoms with Crippen molar-refractivity contribution < 1.29 is 22.3 Å². The predicted octanol–water partition coefficient (Wildman–Crippen LogP) is 6.30. The van der Waals surface area contributed by atoms with Crippen molar-refractivity contribution in [3.63, 3.8) is 0 Å². The molecule has 6 heteroatoms. The Balaban J connectivity index is 1.59. The minimum absolute atomic E-state index is 0.00799. The van der Waals surface area contributed by atoms with E-state index in [1.807, 2.05) is 0 Å². The fraction of sp³-hybridized carbons (Fsp3) is 0.318. The number of oxazole rings is 1. The Morgan fingerprint density at radius 2 is 1.82 bits per heavy atom. The van der Waals surface area contributed by atoms with Gasteiger partial charge in [0.25, 0.3) is 0 Å². The molecule has 0 atom stereocenters. The molecule has 1 fully saturated rings. The van der Waals surface area contributed by atoms with Crippen molar-refractivity contribution in [2.45, 2.75) is 45.1 Å². The van der Waals surface area contributed by atoms with E-state index in [1.54, 1.807) is 6.07 Å². The molecule has 4 rings (SSSR count). The molecular weight excluding hydrogens is 367 g/mol. The zero-order valence-corrected chi connectivity index (χ0v) is 15.5. The molecule has 1 aliphatic rings. The molecule has 0 N–H and O–H groups in total. The van der Waals surface area contributed by atoms with Crippen molar-refractivity contribution in [2.24, 2.45) is 0 Å². The molecule has 0 saturated heterocycles. The number of nitrogens with zero attached hydrogens (tertiary/aromatic N) is 1. The van der Waals surface area contributed by atoms with Gasteiger partial charge in [-0.25, -0.2) is 18.2 Å². The molecular formula is C22H20F3NO2. The van der Waals surface area contributed by atoms with E-state index in [-0.39, 0.29) is 29.0 Å². The van der Waals surface area contributed by atoms with E-state index in [1.165, 1.54) is 44.2 Å². The molecule has 0 aliphatic heterocycles. The number of rotatable bonds is 5. The molecule has 0 radical (unpaired) electrons. The first-order chi connectivity index (χ1) is 13.5. The van der Waals surface area contributed by atoms with Gasteiger partial charge in [-0.05, 0) is 37.5 Å². The molecule has 3 nitrogen and oxygen atoms in total. The highest BCUT2D eigenvalue weighted by Gasteiger charge is 2.22. The summed E-state index contributed by atoms with van der Waals surface area (Å²) < 4.78 is 53.5. The lowest BCUT2D eigenvalue weighted by molar-refractivity contribution is 0.287. The molecule has 1 aliphatic carbocycles. The maximum absolute atomic E-state index is 14.4. The molecule has 1 heterocycles. The van der Waals surface area contributed by atoms with E-state index in [9.17, 15) is 13.2 Å². The Labute approximate surface area is 161 Å². The number of ether oxygens (including phenoxy) is 1. The van der Waals surface area contributed by atoms with Gasteiger partial charge in [0.05, 0.1) is 0 Å². The number of halogens is 3. The zero-order chi connectivity index (χ0) is 19.7. The number of aromatic nitrogens is 1. The SMILES string of the molecule is Cc1cc(-c2cccc(F)c2OCc2coc(C3CCCC3)n2)c(F)cc1F. The smallest absolute Gasteiger partial charge is 0.197 e. The molecule has 0 amide bonds. The van der Waals surface area contributed by atoms with E-state index in [0.29, 0.717) is 17.5 Å². The van der Waals surface area contributed by atoms with Gasteiger partial charge in [-0.2, -0.15) is 0 Å². The van der Waals surface area contributed by atoms with Crippen LogP contribution >= 0.6 is 0 Å². The van der Waals surface area contributed by atoms with E-state index >= 15 is 0 Å². The highest BCUT2D eigenvalue weighted by molar-refractivity contribution is 5.71. The maximum atomic E-state index is 14.4. The third-order valence-electron chi connectivity index (χ3n) is 5.14. The number of aryl methyl sites for hydroxylation is 1. The Bertz CT molecular complexity index is 993. The highest BCUT2D eigenvalue weighted by Crippen LogP contribution is 2.36. The first-order valence-corrected chi connectivity index (χ1v) is 9.34. The Hall–Kier alpha value is -2.76. The normalized spacial score (nSPS) is 14.6.